The topological polar surface area (TPSA) is 101 Å². The number of aromatic nitrogens is 2. The molecule has 0 amide bonds. The molecule has 0 saturated heterocycles. The number of imidazole rings is 1. The van der Waals surface area contributed by atoms with Crippen molar-refractivity contribution in [2.45, 2.75) is 24.8 Å². The van der Waals surface area contributed by atoms with Gasteiger partial charge < -0.3 is 10.8 Å². The number of nitrogen functional groups attached to an aromatic ring is 1. The normalized spacial score (nSPS) is 12.6. The Morgan fingerprint density at radius 2 is 2.25 bits per heavy atom. The molecule has 0 aliphatic carbocycles. The van der Waals surface area contributed by atoms with E-state index < -0.39 is 10.0 Å². The molecule has 0 unspecified atom stereocenters. The minimum atomic E-state index is -3.76. The van der Waals surface area contributed by atoms with Crippen LogP contribution < -0.4 is 5.73 Å². The van der Waals surface area contributed by atoms with Crippen LogP contribution in [0.25, 0.3) is 4.96 Å². The molecule has 0 bridgehead atoms. The monoisotopic (exact) mass is 318 g/mol. The van der Waals surface area contributed by atoms with Crippen molar-refractivity contribution in [3.8, 4) is 0 Å². The van der Waals surface area contributed by atoms with Gasteiger partial charge in [-0.2, -0.15) is 4.31 Å². The summed E-state index contributed by atoms with van der Waals surface area (Å²) in [5.41, 5.74) is 5.75. The van der Waals surface area contributed by atoms with Crippen molar-refractivity contribution in [1.82, 2.24) is 13.7 Å². The minimum Gasteiger partial charge on any atom is -0.395 e. The highest BCUT2D eigenvalue weighted by atomic mass is 32.2. The van der Waals surface area contributed by atoms with Crippen molar-refractivity contribution >= 4 is 32.1 Å². The summed E-state index contributed by atoms with van der Waals surface area (Å²) in [6.07, 6.45) is 3.23. The first kappa shape index (κ1) is 15.2. The Hall–Kier alpha value is -1.16. The van der Waals surface area contributed by atoms with Gasteiger partial charge in [-0.15, -0.1) is 11.3 Å². The average molecular weight is 318 g/mol. The summed E-state index contributed by atoms with van der Waals surface area (Å²) in [6.45, 7) is 2.16. The van der Waals surface area contributed by atoms with Crippen LogP contribution in [0.3, 0.4) is 0 Å². The Morgan fingerprint density at radius 3 is 2.90 bits per heavy atom. The summed E-state index contributed by atoms with van der Waals surface area (Å²) >= 11 is 1.32. The Morgan fingerprint density at radius 1 is 1.50 bits per heavy atom. The van der Waals surface area contributed by atoms with Crippen LogP contribution in [-0.2, 0) is 10.0 Å². The molecule has 112 valence electrons. The third-order valence-corrected chi connectivity index (χ3v) is 5.63. The Kier molecular flexibility index (Phi) is 4.63. The molecule has 0 saturated carbocycles. The third kappa shape index (κ3) is 2.66. The molecule has 20 heavy (non-hydrogen) atoms. The lowest BCUT2D eigenvalue weighted by Crippen LogP contribution is -2.35. The Labute approximate surface area is 121 Å². The van der Waals surface area contributed by atoms with Crippen LogP contribution in [0.2, 0.25) is 0 Å². The molecule has 0 aromatic carbocycles. The summed E-state index contributed by atoms with van der Waals surface area (Å²) in [7, 11) is -3.76. The van der Waals surface area contributed by atoms with Crippen molar-refractivity contribution in [2.75, 3.05) is 25.4 Å². The lowest BCUT2D eigenvalue weighted by Gasteiger charge is -2.20. The van der Waals surface area contributed by atoms with Gasteiger partial charge in [-0.05, 0) is 6.42 Å². The zero-order valence-electron chi connectivity index (χ0n) is 11.2. The summed E-state index contributed by atoms with van der Waals surface area (Å²) in [5, 5.41) is 10.8. The molecule has 9 heteroatoms. The molecule has 2 aromatic heterocycles. The molecule has 2 heterocycles. The number of aliphatic hydroxyl groups is 1. The van der Waals surface area contributed by atoms with E-state index in [1.165, 1.54) is 20.0 Å². The van der Waals surface area contributed by atoms with E-state index in [9.17, 15) is 8.42 Å². The van der Waals surface area contributed by atoms with Gasteiger partial charge in [0.2, 0.25) is 0 Å². The fourth-order valence-corrected chi connectivity index (χ4v) is 4.38. The van der Waals surface area contributed by atoms with E-state index >= 15 is 0 Å². The van der Waals surface area contributed by atoms with Crippen LogP contribution in [-0.4, -0.2) is 46.9 Å². The smallest absolute Gasteiger partial charge is 0.262 e. The van der Waals surface area contributed by atoms with Crippen molar-refractivity contribution in [1.29, 1.82) is 0 Å². The largest absolute Gasteiger partial charge is 0.395 e. The van der Waals surface area contributed by atoms with Gasteiger partial charge in [0.1, 0.15) is 0 Å². The highest BCUT2D eigenvalue weighted by Gasteiger charge is 2.30. The molecule has 0 atom stereocenters. The average Bonchev–Trinajstić information content (AvgIpc) is 2.93. The first-order valence-electron chi connectivity index (χ1n) is 6.34. The Balaban J connectivity index is 2.45. The summed E-state index contributed by atoms with van der Waals surface area (Å²) < 4.78 is 28.1. The van der Waals surface area contributed by atoms with Crippen molar-refractivity contribution in [3.63, 3.8) is 0 Å². The van der Waals surface area contributed by atoms with Crippen molar-refractivity contribution < 1.29 is 13.5 Å². The molecular formula is C11H18N4O3S2. The van der Waals surface area contributed by atoms with Gasteiger partial charge in [0.25, 0.3) is 10.0 Å². The van der Waals surface area contributed by atoms with Gasteiger partial charge in [0.15, 0.2) is 15.8 Å². The molecule has 7 nitrogen and oxygen atoms in total. The second-order valence-corrected chi connectivity index (χ2v) is 7.07. The maximum absolute atomic E-state index is 12.7. The first-order chi connectivity index (χ1) is 9.52. The number of unbranched alkanes of at least 4 members (excludes halogenated alkanes) is 1. The summed E-state index contributed by atoms with van der Waals surface area (Å²) in [5.74, 6) is -0.00344. The third-order valence-electron chi connectivity index (χ3n) is 2.94. The Bertz CT molecular complexity index is 677. The van der Waals surface area contributed by atoms with Gasteiger partial charge in [0.05, 0.1) is 6.61 Å². The number of anilines is 1. The van der Waals surface area contributed by atoms with Gasteiger partial charge in [0, 0.05) is 24.7 Å². The lowest BCUT2D eigenvalue weighted by atomic mass is 10.3. The molecule has 0 fully saturated rings. The maximum Gasteiger partial charge on any atom is 0.262 e. The zero-order chi connectivity index (χ0) is 14.8. The number of hydrogen-bond acceptors (Lipinski definition) is 6. The fourth-order valence-electron chi connectivity index (χ4n) is 1.96. The number of sulfonamides is 1. The molecular weight excluding hydrogens is 300 g/mol. The van der Waals surface area contributed by atoms with Crippen LogP contribution in [0.15, 0.2) is 16.6 Å². The van der Waals surface area contributed by atoms with Gasteiger partial charge in [-0.1, -0.05) is 13.3 Å². The predicted molar refractivity (Wildman–Crippen MR) is 78.2 cm³/mol. The maximum atomic E-state index is 12.7. The summed E-state index contributed by atoms with van der Waals surface area (Å²) in [6, 6.07) is 0. The second kappa shape index (κ2) is 6.08. The number of nitrogens with zero attached hydrogens (tertiary/aromatic N) is 3. The number of nitrogens with two attached hydrogens (primary N) is 1. The molecule has 0 aliphatic heterocycles. The quantitative estimate of drug-likeness (QED) is 0.785. The molecule has 2 rings (SSSR count). The standard InChI is InChI=1S/C11H18N4O3S2/c1-2-3-4-14(5-7-16)20(17,18)10-9(12)13-11-15(10)6-8-19-11/h6,8,16H,2-5,7,12H2,1H3. The van der Waals surface area contributed by atoms with Crippen molar-refractivity contribution in [3.05, 3.63) is 11.6 Å². The lowest BCUT2D eigenvalue weighted by molar-refractivity contribution is 0.252. The van der Waals surface area contributed by atoms with Crippen LogP contribution in [0.1, 0.15) is 19.8 Å². The van der Waals surface area contributed by atoms with Crippen LogP contribution in [0, 0.1) is 0 Å². The molecule has 0 spiro atoms. The van der Waals surface area contributed by atoms with E-state index in [0.717, 1.165) is 12.8 Å². The highest BCUT2D eigenvalue weighted by Crippen LogP contribution is 2.26. The van der Waals surface area contributed by atoms with Gasteiger partial charge >= 0.3 is 0 Å². The van der Waals surface area contributed by atoms with Gasteiger partial charge in [-0.3, -0.25) is 4.40 Å². The minimum absolute atomic E-state index is 0.00344. The van der Waals surface area contributed by atoms with Crippen molar-refractivity contribution in [2.24, 2.45) is 0 Å². The van der Waals surface area contributed by atoms with Crippen LogP contribution >= 0.6 is 11.3 Å². The molecule has 3 N–H and O–H groups in total. The first-order valence-corrected chi connectivity index (χ1v) is 8.66. The van der Waals surface area contributed by atoms with E-state index in [0.29, 0.717) is 11.5 Å². The van der Waals surface area contributed by atoms with E-state index in [1.54, 1.807) is 11.6 Å². The molecule has 2 aromatic rings. The van der Waals surface area contributed by atoms with E-state index in [4.69, 9.17) is 10.8 Å². The number of thiazole rings is 1. The zero-order valence-corrected chi connectivity index (χ0v) is 12.8. The van der Waals surface area contributed by atoms with E-state index in [1.807, 2.05) is 6.92 Å². The number of aliphatic hydroxyl groups excluding tert-OH is 1. The van der Waals surface area contributed by atoms with E-state index in [-0.39, 0.29) is 24.0 Å². The molecule has 0 radical (unpaired) electrons. The fraction of sp³-hybridized carbons (Fsp3) is 0.545. The number of rotatable bonds is 7. The highest BCUT2D eigenvalue weighted by molar-refractivity contribution is 7.89. The number of hydrogen-bond donors (Lipinski definition) is 2. The second-order valence-electron chi connectivity index (χ2n) is 4.34. The van der Waals surface area contributed by atoms with Crippen LogP contribution in [0.5, 0.6) is 0 Å². The molecule has 0 aliphatic rings. The number of fused-ring (bicyclic) bond motifs is 1. The van der Waals surface area contributed by atoms with E-state index in [2.05, 4.69) is 4.98 Å². The predicted octanol–water partition coefficient (Wildman–Crippen LogP) is 0.761. The van der Waals surface area contributed by atoms with Crippen LogP contribution in [0.4, 0.5) is 5.82 Å². The SMILES string of the molecule is CCCCN(CCO)S(=O)(=O)c1c(N)nc2sccn12. The van der Waals surface area contributed by atoms with Gasteiger partial charge in [-0.25, -0.2) is 13.4 Å². The summed E-state index contributed by atoms with van der Waals surface area (Å²) in [4.78, 5) is 4.60.